The van der Waals surface area contributed by atoms with Crippen LogP contribution in [0, 0.1) is 0 Å². The van der Waals surface area contributed by atoms with E-state index in [2.05, 4.69) is 30.3 Å². The van der Waals surface area contributed by atoms with Gasteiger partial charge in [0.2, 0.25) is 15.3 Å². The number of rotatable bonds is 8. The number of thiazole rings is 1. The molecule has 10 nitrogen and oxygen atoms in total. The quantitative estimate of drug-likeness (QED) is 0.306. The van der Waals surface area contributed by atoms with Gasteiger partial charge < -0.3 is 15.7 Å². The molecule has 3 aromatic rings. The van der Waals surface area contributed by atoms with E-state index in [1.54, 1.807) is 37.4 Å². The van der Waals surface area contributed by atoms with Gasteiger partial charge in [-0.2, -0.15) is 0 Å². The van der Waals surface area contributed by atoms with Crippen LogP contribution in [0.1, 0.15) is 43.5 Å². The summed E-state index contributed by atoms with van der Waals surface area (Å²) in [7, 11) is -3.78. The first-order valence-electron chi connectivity index (χ1n) is 11.1. The third kappa shape index (κ3) is 6.26. The fourth-order valence-corrected chi connectivity index (χ4v) is 6.73. The molecule has 1 fully saturated rings. The van der Waals surface area contributed by atoms with Crippen molar-refractivity contribution in [1.29, 1.82) is 0 Å². The Morgan fingerprint density at radius 2 is 1.97 bits per heavy atom. The molecule has 4 rings (SSSR count). The van der Waals surface area contributed by atoms with Gasteiger partial charge in [0.05, 0.1) is 14.8 Å². The molecule has 35 heavy (non-hydrogen) atoms. The molecule has 0 unspecified atom stereocenters. The van der Waals surface area contributed by atoms with Crippen molar-refractivity contribution in [3.05, 3.63) is 47.0 Å². The molecule has 2 aromatic heterocycles. The zero-order valence-electron chi connectivity index (χ0n) is 18.9. The first kappa shape index (κ1) is 25.3. The monoisotopic (exact) mass is 536 g/mol. The molecule has 1 saturated carbocycles. The molecule has 2 heterocycles. The summed E-state index contributed by atoms with van der Waals surface area (Å²) in [6, 6.07) is 6.68. The molecule has 0 radical (unpaired) electrons. The second-order valence-corrected chi connectivity index (χ2v) is 11.2. The molecule has 1 aliphatic rings. The minimum absolute atomic E-state index is 0.0372. The smallest absolute Gasteiger partial charge is 0.404 e. The van der Waals surface area contributed by atoms with Crippen molar-refractivity contribution in [2.24, 2.45) is 0 Å². The number of amides is 1. The van der Waals surface area contributed by atoms with Gasteiger partial charge in [0.25, 0.3) is 0 Å². The van der Waals surface area contributed by atoms with Gasteiger partial charge in [-0.05, 0) is 55.5 Å². The van der Waals surface area contributed by atoms with Crippen LogP contribution in [0.15, 0.2) is 41.6 Å². The highest BCUT2D eigenvalue weighted by atomic mass is 35.5. The Kier molecular flexibility index (Phi) is 7.85. The number of nitrogens with zero attached hydrogens (tertiary/aromatic N) is 3. The van der Waals surface area contributed by atoms with Crippen molar-refractivity contribution < 1.29 is 18.3 Å². The number of hydrogen-bond donors (Lipinski definition) is 4. The fourth-order valence-electron chi connectivity index (χ4n) is 4.11. The molecular formula is C22H25ClN6O4S2. The first-order valence-corrected chi connectivity index (χ1v) is 13.8. The lowest BCUT2D eigenvalue weighted by atomic mass is 9.86. The minimum atomic E-state index is -3.78. The molecule has 0 spiro atoms. The molecule has 4 N–H and O–H groups in total. The summed E-state index contributed by atoms with van der Waals surface area (Å²) in [5, 5.41) is 15.6. The van der Waals surface area contributed by atoms with Crippen molar-refractivity contribution >= 4 is 50.6 Å². The summed E-state index contributed by atoms with van der Waals surface area (Å²) < 4.78 is 28.7. The number of carbonyl (C=O) groups is 1. The summed E-state index contributed by atoms with van der Waals surface area (Å²) in [6.45, 7) is 1.98. The van der Waals surface area contributed by atoms with E-state index in [0.29, 0.717) is 17.1 Å². The van der Waals surface area contributed by atoms with Crippen LogP contribution in [-0.4, -0.2) is 47.2 Å². The van der Waals surface area contributed by atoms with E-state index in [1.165, 1.54) is 17.5 Å². The van der Waals surface area contributed by atoms with Crippen LogP contribution in [-0.2, 0) is 10.0 Å². The Labute approximate surface area is 212 Å². The lowest BCUT2D eigenvalue weighted by Gasteiger charge is -2.27. The number of carboxylic acid groups (broad SMARTS) is 1. The average molecular weight is 537 g/mol. The largest absolute Gasteiger partial charge is 0.465 e. The maximum atomic E-state index is 13.1. The van der Waals surface area contributed by atoms with E-state index in [9.17, 15) is 13.2 Å². The summed E-state index contributed by atoms with van der Waals surface area (Å²) in [5.74, 6) is 0.662. The van der Waals surface area contributed by atoms with Gasteiger partial charge in [-0.3, -0.25) is 0 Å². The Bertz CT molecular complexity index is 1310. The number of aromatic nitrogens is 3. The Morgan fingerprint density at radius 3 is 2.66 bits per heavy atom. The number of halogens is 1. The number of sulfonamides is 1. The lowest BCUT2D eigenvalue weighted by molar-refractivity contribution is 0.185. The van der Waals surface area contributed by atoms with Crippen LogP contribution in [0.2, 0.25) is 5.28 Å². The summed E-state index contributed by atoms with van der Waals surface area (Å²) in [4.78, 5) is 24.3. The highest BCUT2D eigenvalue weighted by Gasteiger charge is 2.27. The number of benzene rings is 1. The Balaban J connectivity index is 1.60. The second kappa shape index (κ2) is 10.9. The summed E-state index contributed by atoms with van der Waals surface area (Å²) in [5.41, 5.74) is 1.09. The number of hydrogen-bond acceptors (Lipinski definition) is 8. The van der Waals surface area contributed by atoms with E-state index in [0.717, 1.165) is 35.6 Å². The fraction of sp³-hybridized carbons (Fsp3) is 0.364. The molecule has 0 atom stereocenters. The van der Waals surface area contributed by atoms with E-state index in [1.807, 2.05) is 0 Å². The van der Waals surface area contributed by atoms with Crippen molar-refractivity contribution in [3.8, 4) is 10.4 Å². The van der Waals surface area contributed by atoms with Gasteiger partial charge in [0.15, 0.2) is 0 Å². The third-order valence-electron chi connectivity index (χ3n) is 5.70. The topological polar surface area (TPSA) is 146 Å². The van der Waals surface area contributed by atoms with Crippen LogP contribution >= 0.6 is 22.9 Å². The van der Waals surface area contributed by atoms with Crippen molar-refractivity contribution in [3.63, 3.8) is 0 Å². The number of anilines is 2. The molecule has 0 aliphatic heterocycles. The molecule has 1 amide bonds. The maximum Gasteiger partial charge on any atom is 0.404 e. The van der Waals surface area contributed by atoms with Crippen molar-refractivity contribution in [2.45, 2.75) is 49.5 Å². The van der Waals surface area contributed by atoms with Gasteiger partial charge in [0.1, 0.15) is 5.82 Å². The Hall–Kier alpha value is -2.80. The zero-order valence-corrected chi connectivity index (χ0v) is 21.3. The molecule has 0 saturated heterocycles. The zero-order chi connectivity index (χ0) is 25.0. The predicted octanol–water partition coefficient (Wildman–Crippen LogP) is 4.59. The van der Waals surface area contributed by atoms with Crippen molar-refractivity contribution in [1.82, 2.24) is 25.0 Å². The van der Waals surface area contributed by atoms with Gasteiger partial charge in [-0.1, -0.05) is 13.0 Å². The Morgan fingerprint density at radius 1 is 1.20 bits per heavy atom. The van der Waals surface area contributed by atoms with Crippen molar-refractivity contribution in [2.75, 3.05) is 11.9 Å². The van der Waals surface area contributed by atoms with Crippen LogP contribution < -0.4 is 15.4 Å². The van der Waals surface area contributed by atoms with Gasteiger partial charge >= 0.3 is 6.09 Å². The standard InChI is InChI=1S/C22H25ClN6O4S2/c1-2-26-35(32,33)18-11-15(27-19-9-10-24-21(23)29-19)7-8-16(18)17-12-25-20(34-17)13-3-5-14(6-4-13)28-22(30)31/h7-14,26,28H,2-6H2,1H3,(H,30,31)(H,24,27,29). The van der Waals surface area contributed by atoms with E-state index in [4.69, 9.17) is 16.7 Å². The minimum Gasteiger partial charge on any atom is -0.465 e. The van der Waals surface area contributed by atoms with Crippen LogP contribution in [0.3, 0.4) is 0 Å². The van der Waals surface area contributed by atoms with Crippen LogP contribution in [0.5, 0.6) is 0 Å². The number of nitrogens with one attached hydrogen (secondary N) is 3. The third-order valence-corrected chi connectivity index (χ3v) is 8.66. The summed E-state index contributed by atoms with van der Waals surface area (Å²) in [6.07, 6.45) is 5.36. The van der Waals surface area contributed by atoms with E-state index >= 15 is 0 Å². The molecule has 1 aliphatic carbocycles. The average Bonchev–Trinajstić information content (AvgIpc) is 3.29. The van der Waals surface area contributed by atoms with Gasteiger partial charge in [-0.25, -0.2) is 32.9 Å². The van der Waals surface area contributed by atoms with Gasteiger partial charge in [-0.15, -0.1) is 11.3 Å². The van der Waals surface area contributed by atoms with Crippen LogP contribution in [0.25, 0.3) is 10.4 Å². The molecule has 13 heteroatoms. The van der Waals surface area contributed by atoms with Crippen LogP contribution in [0.4, 0.5) is 16.3 Å². The SMILES string of the molecule is CCNS(=O)(=O)c1cc(Nc2ccnc(Cl)n2)ccc1-c1cnc(C2CCC(NC(=O)O)CC2)s1. The molecule has 1 aromatic carbocycles. The predicted molar refractivity (Wildman–Crippen MR) is 135 cm³/mol. The maximum absolute atomic E-state index is 13.1. The highest BCUT2D eigenvalue weighted by Crippen LogP contribution is 2.40. The highest BCUT2D eigenvalue weighted by molar-refractivity contribution is 7.89. The second-order valence-electron chi connectivity index (χ2n) is 8.11. The van der Waals surface area contributed by atoms with E-state index < -0.39 is 16.1 Å². The molecular weight excluding hydrogens is 512 g/mol. The molecule has 186 valence electrons. The summed E-state index contributed by atoms with van der Waals surface area (Å²) >= 11 is 7.32. The normalized spacial score (nSPS) is 18.2. The van der Waals surface area contributed by atoms with E-state index in [-0.39, 0.29) is 28.7 Å². The van der Waals surface area contributed by atoms with Gasteiger partial charge in [0, 0.05) is 42.1 Å². The molecule has 0 bridgehead atoms. The lowest BCUT2D eigenvalue weighted by Crippen LogP contribution is -2.36. The first-order chi connectivity index (χ1) is 16.7.